The van der Waals surface area contributed by atoms with E-state index in [-0.39, 0.29) is 0 Å². The second-order valence-corrected chi connectivity index (χ2v) is 15.2. The third-order valence-corrected chi connectivity index (χ3v) is 12.3. The molecule has 0 radical (unpaired) electrons. The second-order valence-electron chi connectivity index (χ2n) is 15.2. The van der Waals surface area contributed by atoms with Crippen LogP contribution < -0.4 is 4.90 Å². The lowest BCUT2D eigenvalue weighted by molar-refractivity contribution is 0.666. The van der Waals surface area contributed by atoms with Gasteiger partial charge in [0.1, 0.15) is 5.58 Å². The van der Waals surface area contributed by atoms with Gasteiger partial charge in [-0.25, -0.2) is 0 Å². The molecule has 0 unspecified atom stereocenters. The lowest BCUT2D eigenvalue weighted by Gasteiger charge is -2.34. The molecule has 3 heteroatoms. The number of nitrogens with zero attached hydrogens (tertiary/aromatic N) is 2. The number of furan rings is 1. The highest BCUT2D eigenvalue weighted by atomic mass is 16.3. The van der Waals surface area contributed by atoms with E-state index < -0.39 is 5.41 Å². The molecule has 2 aromatic heterocycles. The van der Waals surface area contributed by atoms with E-state index in [9.17, 15) is 0 Å². The van der Waals surface area contributed by atoms with Gasteiger partial charge in [0, 0.05) is 44.7 Å². The molecule has 272 valence electrons. The number of benzene rings is 9. The Morgan fingerprint density at radius 2 is 0.931 bits per heavy atom. The number of para-hydroxylation sites is 4. The van der Waals surface area contributed by atoms with Crippen molar-refractivity contribution in [1.29, 1.82) is 0 Å². The number of fused-ring (bicyclic) bond motifs is 9. The molecule has 1 aliphatic carbocycles. The van der Waals surface area contributed by atoms with E-state index in [2.05, 4.69) is 228 Å². The van der Waals surface area contributed by atoms with Gasteiger partial charge in [-0.05, 0) is 88.0 Å². The summed E-state index contributed by atoms with van der Waals surface area (Å²) < 4.78 is 9.31. The smallest absolute Gasteiger partial charge is 0.159 e. The minimum absolute atomic E-state index is 0.453. The first-order chi connectivity index (χ1) is 28.8. The van der Waals surface area contributed by atoms with E-state index in [0.29, 0.717) is 0 Å². The van der Waals surface area contributed by atoms with Crippen molar-refractivity contribution in [3.63, 3.8) is 0 Å². The Hall–Kier alpha value is -7.62. The molecule has 0 bridgehead atoms. The van der Waals surface area contributed by atoms with Gasteiger partial charge in [0.2, 0.25) is 0 Å². The maximum absolute atomic E-state index is 6.97. The average molecular weight is 741 g/mol. The van der Waals surface area contributed by atoms with Gasteiger partial charge in [-0.15, -0.1) is 0 Å². The van der Waals surface area contributed by atoms with E-state index in [1.54, 1.807) is 0 Å². The molecule has 0 aliphatic heterocycles. The summed E-state index contributed by atoms with van der Waals surface area (Å²) in [5.41, 5.74) is 15.4. The molecular weight excluding hydrogens is 705 g/mol. The Labute approximate surface area is 336 Å². The third-order valence-electron chi connectivity index (χ3n) is 12.3. The first-order valence-electron chi connectivity index (χ1n) is 19.9. The molecule has 1 aliphatic rings. The van der Waals surface area contributed by atoms with E-state index in [1.165, 1.54) is 44.2 Å². The Kier molecular flexibility index (Phi) is 7.14. The Bertz CT molecular complexity index is 3250. The maximum atomic E-state index is 6.97. The van der Waals surface area contributed by atoms with E-state index in [4.69, 9.17) is 4.42 Å². The van der Waals surface area contributed by atoms with E-state index in [0.717, 1.165) is 55.7 Å². The largest absolute Gasteiger partial charge is 0.454 e. The molecule has 0 spiro atoms. The number of aromatic nitrogens is 1. The van der Waals surface area contributed by atoms with Crippen molar-refractivity contribution in [2.24, 2.45) is 0 Å². The van der Waals surface area contributed by atoms with Crippen LogP contribution in [0.1, 0.15) is 22.3 Å². The molecule has 0 atom stereocenters. The molecule has 0 saturated carbocycles. The van der Waals surface area contributed by atoms with Crippen LogP contribution in [-0.4, -0.2) is 4.57 Å². The van der Waals surface area contributed by atoms with Crippen LogP contribution >= 0.6 is 0 Å². The monoisotopic (exact) mass is 740 g/mol. The lowest BCUT2D eigenvalue weighted by Crippen LogP contribution is -2.28. The van der Waals surface area contributed by atoms with Gasteiger partial charge >= 0.3 is 0 Å². The zero-order chi connectivity index (χ0) is 38.2. The number of hydrogen-bond acceptors (Lipinski definition) is 2. The molecular formula is C55H36N2O. The summed E-state index contributed by atoms with van der Waals surface area (Å²) >= 11 is 0. The molecule has 0 saturated heterocycles. The first-order valence-corrected chi connectivity index (χ1v) is 19.9. The van der Waals surface area contributed by atoms with Gasteiger partial charge < -0.3 is 13.9 Å². The highest BCUT2D eigenvalue weighted by Gasteiger charge is 2.46. The fourth-order valence-corrected chi connectivity index (χ4v) is 9.87. The normalized spacial score (nSPS) is 13.0. The van der Waals surface area contributed by atoms with Crippen molar-refractivity contribution >= 4 is 60.8 Å². The van der Waals surface area contributed by atoms with Crippen LogP contribution in [0.4, 0.5) is 17.1 Å². The van der Waals surface area contributed by atoms with Crippen LogP contribution in [0.2, 0.25) is 0 Å². The topological polar surface area (TPSA) is 21.3 Å². The minimum atomic E-state index is -0.453. The Morgan fingerprint density at radius 3 is 1.64 bits per heavy atom. The number of rotatable bonds is 6. The minimum Gasteiger partial charge on any atom is -0.454 e. The summed E-state index contributed by atoms with van der Waals surface area (Å²) in [6.07, 6.45) is 0. The summed E-state index contributed by atoms with van der Waals surface area (Å²) in [5.74, 6) is 0. The predicted octanol–water partition coefficient (Wildman–Crippen LogP) is 14.5. The van der Waals surface area contributed by atoms with Gasteiger partial charge in [-0.3, -0.25) is 0 Å². The number of hydrogen-bond donors (Lipinski definition) is 0. The maximum Gasteiger partial charge on any atom is 0.159 e. The molecule has 9 aromatic carbocycles. The standard InChI is InChI=1S/C55H36N2O/c1-4-17-37(18-5-1)55(38-19-6-2-7-20-38)48-27-13-10-23-42(48)47-35-40(32-34-49(47)55)56(39-21-8-3-9-22-39)41-31-33-45-46-26-16-30-52(54(46)58-53(45)36-41)57-50-28-14-11-24-43(50)44-25-12-15-29-51(44)57/h1-36H. The Balaban J connectivity index is 1.06. The van der Waals surface area contributed by atoms with Crippen molar-refractivity contribution in [2.75, 3.05) is 4.90 Å². The van der Waals surface area contributed by atoms with Crippen molar-refractivity contribution in [3.8, 4) is 16.8 Å². The van der Waals surface area contributed by atoms with Gasteiger partial charge in [0.05, 0.1) is 22.1 Å². The van der Waals surface area contributed by atoms with E-state index >= 15 is 0 Å². The van der Waals surface area contributed by atoms with Gasteiger partial charge in [-0.2, -0.15) is 0 Å². The van der Waals surface area contributed by atoms with Crippen molar-refractivity contribution in [2.45, 2.75) is 5.41 Å². The predicted molar refractivity (Wildman–Crippen MR) is 240 cm³/mol. The van der Waals surface area contributed by atoms with Crippen molar-refractivity contribution in [1.82, 2.24) is 4.57 Å². The third kappa shape index (κ3) is 4.62. The molecule has 0 fully saturated rings. The first kappa shape index (κ1) is 32.6. The van der Waals surface area contributed by atoms with Crippen LogP contribution in [0, 0.1) is 0 Å². The van der Waals surface area contributed by atoms with Crippen LogP contribution in [0.25, 0.3) is 60.6 Å². The van der Waals surface area contributed by atoms with Gasteiger partial charge in [0.15, 0.2) is 5.58 Å². The highest BCUT2D eigenvalue weighted by Crippen LogP contribution is 2.57. The molecule has 2 heterocycles. The van der Waals surface area contributed by atoms with Crippen LogP contribution in [-0.2, 0) is 5.41 Å². The molecule has 0 N–H and O–H groups in total. The highest BCUT2D eigenvalue weighted by molar-refractivity contribution is 6.13. The summed E-state index contributed by atoms with van der Waals surface area (Å²) in [7, 11) is 0. The molecule has 58 heavy (non-hydrogen) atoms. The second kappa shape index (κ2) is 12.7. The molecule has 3 nitrogen and oxygen atoms in total. The fourth-order valence-electron chi connectivity index (χ4n) is 9.87. The number of anilines is 3. The molecule has 11 aromatic rings. The SMILES string of the molecule is c1ccc(N(c2ccc3c(c2)-c2ccccc2C3(c2ccccc2)c2ccccc2)c2ccc3c(c2)oc2c(-n4c5ccccc5c5ccccc54)cccc23)cc1. The fraction of sp³-hybridized carbons (Fsp3) is 0.0182. The lowest BCUT2D eigenvalue weighted by atomic mass is 9.68. The van der Waals surface area contributed by atoms with E-state index in [1.807, 2.05) is 0 Å². The summed E-state index contributed by atoms with van der Waals surface area (Å²) in [6, 6.07) is 79.0. The summed E-state index contributed by atoms with van der Waals surface area (Å²) in [4.78, 5) is 2.36. The quantitative estimate of drug-likeness (QED) is 0.169. The zero-order valence-corrected chi connectivity index (χ0v) is 31.6. The molecule has 12 rings (SSSR count). The van der Waals surface area contributed by atoms with Gasteiger partial charge in [0.25, 0.3) is 0 Å². The van der Waals surface area contributed by atoms with Crippen molar-refractivity contribution < 1.29 is 4.42 Å². The summed E-state index contributed by atoms with van der Waals surface area (Å²) in [5, 5.41) is 4.65. The van der Waals surface area contributed by atoms with Crippen LogP contribution in [0.15, 0.2) is 223 Å². The van der Waals surface area contributed by atoms with Crippen LogP contribution in [0.3, 0.4) is 0 Å². The van der Waals surface area contributed by atoms with Crippen molar-refractivity contribution in [3.05, 3.63) is 241 Å². The summed E-state index contributed by atoms with van der Waals surface area (Å²) in [6.45, 7) is 0. The Morgan fingerprint density at radius 1 is 0.379 bits per heavy atom. The molecule has 0 amide bonds. The van der Waals surface area contributed by atoms with Crippen LogP contribution in [0.5, 0.6) is 0 Å². The zero-order valence-electron chi connectivity index (χ0n) is 31.6. The average Bonchev–Trinajstić information content (AvgIpc) is 3.94. The van der Waals surface area contributed by atoms with Gasteiger partial charge in [-0.1, -0.05) is 158 Å².